The molecule has 26 heavy (non-hydrogen) atoms. The molecule has 1 aliphatic rings. The summed E-state index contributed by atoms with van der Waals surface area (Å²) in [6.45, 7) is 3.16. The molecule has 7 nitrogen and oxygen atoms in total. The zero-order valence-electron chi connectivity index (χ0n) is 15.0. The number of nitrogens with one attached hydrogen (secondary N) is 1. The molecule has 134 valence electrons. The molecule has 1 aliphatic heterocycles. The molecule has 1 N–H and O–H groups in total. The Bertz CT molecular complexity index is 950. The number of pyridine rings is 1. The van der Waals surface area contributed by atoms with Crippen LogP contribution in [-0.4, -0.2) is 49.5 Å². The van der Waals surface area contributed by atoms with Gasteiger partial charge in [0.05, 0.1) is 11.9 Å². The predicted octanol–water partition coefficient (Wildman–Crippen LogP) is 2.45. The normalized spacial score (nSPS) is 17.5. The van der Waals surface area contributed by atoms with E-state index in [1.807, 2.05) is 40.9 Å². The molecule has 7 heteroatoms. The van der Waals surface area contributed by atoms with Crippen LogP contribution in [-0.2, 0) is 11.8 Å². The fourth-order valence-electron chi connectivity index (χ4n) is 3.45. The second-order valence-electron chi connectivity index (χ2n) is 6.74. The van der Waals surface area contributed by atoms with Crippen molar-refractivity contribution in [2.75, 3.05) is 18.4 Å². The van der Waals surface area contributed by atoms with Gasteiger partial charge in [0.15, 0.2) is 5.65 Å². The Balaban J connectivity index is 1.64. The van der Waals surface area contributed by atoms with Crippen molar-refractivity contribution in [2.24, 2.45) is 7.05 Å². The third-order valence-corrected chi connectivity index (χ3v) is 4.86. The number of hydrogen-bond acceptors (Lipinski definition) is 5. The molecule has 0 saturated carbocycles. The molecule has 1 amide bonds. The number of fused-ring (bicyclic) bond motifs is 1. The van der Waals surface area contributed by atoms with Crippen LogP contribution in [0, 0.1) is 0 Å². The van der Waals surface area contributed by atoms with E-state index in [0.29, 0.717) is 6.54 Å². The number of rotatable bonds is 3. The van der Waals surface area contributed by atoms with E-state index in [9.17, 15) is 4.79 Å². The van der Waals surface area contributed by atoms with Crippen molar-refractivity contribution in [3.63, 3.8) is 0 Å². The second kappa shape index (κ2) is 6.74. The van der Waals surface area contributed by atoms with Gasteiger partial charge < -0.3 is 14.8 Å². The van der Waals surface area contributed by atoms with Crippen molar-refractivity contribution < 1.29 is 4.79 Å². The Morgan fingerprint density at radius 1 is 1.31 bits per heavy atom. The van der Waals surface area contributed by atoms with Crippen LogP contribution < -0.4 is 5.32 Å². The van der Waals surface area contributed by atoms with E-state index in [1.165, 1.54) is 0 Å². The maximum absolute atomic E-state index is 11.7. The Kier molecular flexibility index (Phi) is 4.28. The molecule has 0 radical (unpaired) electrons. The van der Waals surface area contributed by atoms with Gasteiger partial charge in [-0.3, -0.25) is 9.78 Å². The Hall–Kier alpha value is -2.96. The van der Waals surface area contributed by atoms with Crippen LogP contribution in [0.2, 0.25) is 0 Å². The minimum absolute atomic E-state index is 0.123. The number of aromatic nitrogens is 4. The monoisotopic (exact) mass is 350 g/mol. The molecule has 1 atom stereocenters. The molecule has 0 bridgehead atoms. The zero-order chi connectivity index (χ0) is 18.1. The third-order valence-electron chi connectivity index (χ3n) is 4.86. The number of carbonyl (C=O) groups is 1. The van der Waals surface area contributed by atoms with Gasteiger partial charge in [-0.05, 0) is 31.0 Å². The largest absolute Gasteiger partial charge is 0.365 e. The maximum Gasteiger partial charge on any atom is 0.219 e. The van der Waals surface area contributed by atoms with Gasteiger partial charge in [0.2, 0.25) is 5.91 Å². The first kappa shape index (κ1) is 16.5. The molecule has 0 aromatic carbocycles. The molecule has 1 fully saturated rings. The Labute approximate surface area is 152 Å². The summed E-state index contributed by atoms with van der Waals surface area (Å²) in [7, 11) is 1.96. The summed E-state index contributed by atoms with van der Waals surface area (Å²) >= 11 is 0. The molecule has 4 heterocycles. The number of aryl methyl sites for hydroxylation is 1. The van der Waals surface area contributed by atoms with Gasteiger partial charge in [-0.25, -0.2) is 9.97 Å². The molecular formula is C19H22N6O. The molecular weight excluding hydrogens is 328 g/mol. The third kappa shape index (κ3) is 3.12. The predicted molar refractivity (Wildman–Crippen MR) is 101 cm³/mol. The lowest BCUT2D eigenvalue weighted by atomic mass is 10.0. The number of piperidine rings is 1. The first-order valence-electron chi connectivity index (χ1n) is 8.87. The van der Waals surface area contributed by atoms with Crippen molar-refractivity contribution in [3.05, 3.63) is 36.8 Å². The summed E-state index contributed by atoms with van der Waals surface area (Å²) in [4.78, 5) is 27.4. The first-order valence-corrected chi connectivity index (χ1v) is 8.87. The highest BCUT2D eigenvalue weighted by Crippen LogP contribution is 2.27. The van der Waals surface area contributed by atoms with Crippen molar-refractivity contribution in [1.29, 1.82) is 0 Å². The lowest BCUT2D eigenvalue weighted by Crippen LogP contribution is -2.44. The van der Waals surface area contributed by atoms with Gasteiger partial charge in [-0.15, -0.1) is 0 Å². The van der Waals surface area contributed by atoms with E-state index < -0.39 is 0 Å². The summed E-state index contributed by atoms with van der Waals surface area (Å²) in [6.07, 6.45) is 7.52. The van der Waals surface area contributed by atoms with Gasteiger partial charge in [-0.1, -0.05) is 0 Å². The second-order valence-corrected chi connectivity index (χ2v) is 6.74. The van der Waals surface area contributed by atoms with Crippen LogP contribution in [0.4, 0.5) is 5.82 Å². The van der Waals surface area contributed by atoms with Gasteiger partial charge in [-0.2, -0.15) is 0 Å². The number of hydrogen-bond donors (Lipinski definition) is 1. The molecule has 0 unspecified atom stereocenters. The summed E-state index contributed by atoms with van der Waals surface area (Å²) in [6, 6.07) is 6.04. The van der Waals surface area contributed by atoms with Crippen molar-refractivity contribution in [1.82, 2.24) is 24.4 Å². The van der Waals surface area contributed by atoms with Crippen LogP contribution in [0.15, 0.2) is 36.8 Å². The highest BCUT2D eigenvalue weighted by molar-refractivity contribution is 5.78. The summed E-state index contributed by atoms with van der Waals surface area (Å²) < 4.78 is 1.96. The van der Waals surface area contributed by atoms with Gasteiger partial charge >= 0.3 is 0 Å². The average molecular weight is 350 g/mol. The number of carbonyl (C=O) groups excluding carboxylic acids is 1. The van der Waals surface area contributed by atoms with Gasteiger partial charge in [0, 0.05) is 51.1 Å². The van der Waals surface area contributed by atoms with Crippen molar-refractivity contribution in [3.8, 4) is 11.3 Å². The molecule has 3 aromatic rings. The van der Waals surface area contributed by atoms with Crippen LogP contribution in [0.5, 0.6) is 0 Å². The minimum Gasteiger partial charge on any atom is -0.365 e. The zero-order valence-corrected chi connectivity index (χ0v) is 15.0. The minimum atomic E-state index is 0.123. The Morgan fingerprint density at radius 2 is 2.19 bits per heavy atom. The molecule has 0 aliphatic carbocycles. The molecule has 3 aromatic heterocycles. The number of amides is 1. The number of likely N-dealkylation sites (tertiary alicyclic amines) is 1. The van der Waals surface area contributed by atoms with Gasteiger partial charge in [0.25, 0.3) is 0 Å². The highest BCUT2D eigenvalue weighted by Gasteiger charge is 2.22. The van der Waals surface area contributed by atoms with E-state index in [0.717, 1.165) is 47.6 Å². The smallest absolute Gasteiger partial charge is 0.219 e. The SMILES string of the molecule is CC(=O)N1CCC[C@H](Nc2ncccc2-c2cnc3ccn(C)c3n2)C1. The quantitative estimate of drug-likeness (QED) is 0.785. The van der Waals surface area contributed by atoms with E-state index in [-0.39, 0.29) is 11.9 Å². The van der Waals surface area contributed by atoms with Crippen molar-refractivity contribution in [2.45, 2.75) is 25.8 Å². The van der Waals surface area contributed by atoms with E-state index in [4.69, 9.17) is 4.98 Å². The van der Waals surface area contributed by atoms with Crippen LogP contribution in [0.25, 0.3) is 22.4 Å². The standard InChI is InChI=1S/C19H22N6O/c1-13(26)25-9-4-5-14(12-25)22-18-15(6-3-8-20-18)17-11-21-16-7-10-24(2)19(16)23-17/h3,6-8,10-11,14H,4-5,9,12H2,1-2H3,(H,20,22)/t14-/m0/s1. The van der Waals surface area contributed by atoms with Crippen LogP contribution in [0.3, 0.4) is 0 Å². The highest BCUT2D eigenvalue weighted by atomic mass is 16.2. The summed E-state index contributed by atoms with van der Waals surface area (Å²) in [5.74, 6) is 0.906. The Morgan fingerprint density at radius 3 is 3.04 bits per heavy atom. The van der Waals surface area contributed by atoms with E-state index >= 15 is 0 Å². The number of anilines is 1. The fourth-order valence-corrected chi connectivity index (χ4v) is 3.45. The van der Waals surface area contributed by atoms with E-state index in [2.05, 4.69) is 15.3 Å². The van der Waals surface area contributed by atoms with E-state index in [1.54, 1.807) is 19.3 Å². The number of nitrogens with zero attached hydrogens (tertiary/aromatic N) is 5. The molecule has 0 spiro atoms. The van der Waals surface area contributed by atoms with Gasteiger partial charge in [0.1, 0.15) is 11.3 Å². The van der Waals surface area contributed by atoms with Crippen LogP contribution in [0.1, 0.15) is 19.8 Å². The molecule has 1 saturated heterocycles. The summed E-state index contributed by atoms with van der Waals surface area (Å²) in [5.41, 5.74) is 3.42. The fraction of sp³-hybridized carbons (Fsp3) is 0.368. The van der Waals surface area contributed by atoms with Crippen LogP contribution >= 0.6 is 0 Å². The maximum atomic E-state index is 11.7. The summed E-state index contributed by atoms with van der Waals surface area (Å²) in [5, 5.41) is 3.51. The first-order chi connectivity index (χ1) is 12.6. The topological polar surface area (TPSA) is 75.9 Å². The molecule has 4 rings (SSSR count). The lowest BCUT2D eigenvalue weighted by molar-refractivity contribution is -0.129. The van der Waals surface area contributed by atoms with Crippen molar-refractivity contribution >= 4 is 22.9 Å². The lowest BCUT2D eigenvalue weighted by Gasteiger charge is -2.33. The average Bonchev–Trinajstić information content (AvgIpc) is 3.03.